The second-order valence-electron chi connectivity index (χ2n) is 5.88. The molecule has 0 saturated heterocycles. The van der Waals surface area contributed by atoms with E-state index in [2.05, 4.69) is 46.3 Å². The molecule has 0 aliphatic heterocycles. The summed E-state index contributed by atoms with van der Waals surface area (Å²) in [6.07, 6.45) is 3.66. The van der Waals surface area contributed by atoms with Crippen LogP contribution in [0, 0.1) is 11.3 Å². The topological polar surface area (TPSA) is 77.4 Å². The summed E-state index contributed by atoms with van der Waals surface area (Å²) in [4.78, 5) is 11.9. The van der Waals surface area contributed by atoms with Gasteiger partial charge in [-0.25, -0.2) is 4.98 Å². The van der Waals surface area contributed by atoms with E-state index in [1.807, 2.05) is 24.4 Å². The number of nitriles is 1. The molecule has 110 valence electrons. The molecule has 0 bridgehead atoms. The standard InChI is InChI=1S/C17H17N5/c1-17(2,13-6-4-8-19-10-13)11-20-16-21-14-7-3-5-12(9-18)15(14)22-16/h3-8,10H,11H2,1-2H3,(H2,20,21,22). The number of para-hydroxylation sites is 1. The second kappa shape index (κ2) is 5.49. The van der Waals surface area contributed by atoms with Gasteiger partial charge in [-0.3, -0.25) is 4.98 Å². The summed E-state index contributed by atoms with van der Waals surface area (Å²) in [5.41, 5.74) is 3.22. The molecule has 0 fully saturated rings. The van der Waals surface area contributed by atoms with Crippen molar-refractivity contribution in [3.8, 4) is 6.07 Å². The van der Waals surface area contributed by atoms with E-state index in [1.165, 1.54) is 0 Å². The van der Waals surface area contributed by atoms with Crippen LogP contribution in [-0.4, -0.2) is 21.5 Å². The number of nitrogens with one attached hydrogen (secondary N) is 2. The zero-order valence-electron chi connectivity index (χ0n) is 12.6. The summed E-state index contributed by atoms with van der Waals surface area (Å²) < 4.78 is 0. The molecule has 2 heterocycles. The molecular formula is C17H17N5. The Morgan fingerprint density at radius 1 is 1.27 bits per heavy atom. The Hall–Kier alpha value is -2.87. The van der Waals surface area contributed by atoms with Crippen molar-refractivity contribution in [2.45, 2.75) is 19.3 Å². The number of imidazole rings is 1. The van der Waals surface area contributed by atoms with Crippen molar-refractivity contribution >= 4 is 17.0 Å². The Morgan fingerprint density at radius 2 is 2.14 bits per heavy atom. The summed E-state index contributed by atoms with van der Waals surface area (Å²) >= 11 is 0. The lowest BCUT2D eigenvalue weighted by atomic mass is 9.86. The number of pyridine rings is 1. The number of fused-ring (bicyclic) bond motifs is 1. The predicted molar refractivity (Wildman–Crippen MR) is 86.6 cm³/mol. The van der Waals surface area contributed by atoms with Gasteiger partial charge < -0.3 is 10.3 Å². The van der Waals surface area contributed by atoms with E-state index >= 15 is 0 Å². The van der Waals surface area contributed by atoms with Crippen LogP contribution >= 0.6 is 0 Å². The van der Waals surface area contributed by atoms with Crippen molar-refractivity contribution in [1.29, 1.82) is 5.26 Å². The summed E-state index contributed by atoms with van der Waals surface area (Å²) in [7, 11) is 0. The van der Waals surface area contributed by atoms with Gasteiger partial charge in [-0.1, -0.05) is 26.0 Å². The minimum atomic E-state index is -0.0781. The fourth-order valence-electron chi connectivity index (χ4n) is 2.38. The van der Waals surface area contributed by atoms with Gasteiger partial charge in [-0.05, 0) is 23.8 Å². The fraction of sp³-hybridized carbons (Fsp3) is 0.235. The molecular weight excluding hydrogens is 274 g/mol. The van der Waals surface area contributed by atoms with Crippen molar-refractivity contribution in [1.82, 2.24) is 15.0 Å². The molecule has 0 atom stereocenters. The monoisotopic (exact) mass is 291 g/mol. The van der Waals surface area contributed by atoms with Crippen LogP contribution in [0.3, 0.4) is 0 Å². The summed E-state index contributed by atoms with van der Waals surface area (Å²) in [6.45, 7) is 5.02. The highest BCUT2D eigenvalue weighted by atomic mass is 15.1. The largest absolute Gasteiger partial charge is 0.355 e. The molecule has 22 heavy (non-hydrogen) atoms. The van der Waals surface area contributed by atoms with Crippen molar-refractivity contribution < 1.29 is 0 Å². The number of aromatic nitrogens is 3. The quantitative estimate of drug-likeness (QED) is 0.773. The van der Waals surface area contributed by atoms with Gasteiger partial charge in [0.2, 0.25) is 5.95 Å². The number of H-pyrrole nitrogens is 1. The maximum absolute atomic E-state index is 9.12. The number of nitrogens with zero attached hydrogens (tertiary/aromatic N) is 3. The number of aromatic amines is 1. The van der Waals surface area contributed by atoms with Crippen molar-refractivity contribution in [3.63, 3.8) is 0 Å². The molecule has 2 aromatic heterocycles. The number of rotatable bonds is 4. The van der Waals surface area contributed by atoms with Gasteiger partial charge in [-0.2, -0.15) is 5.26 Å². The zero-order chi connectivity index (χ0) is 15.6. The first-order chi connectivity index (χ1) is 10.6. The second-order valence-corrected chi connectivity index (χ2v) is 5.88. The van der Waals surface area contributed by atoms with Gasteiger partial charge in [-0.15, -0.1) is 0 Å². The van der Waals surface area contributed by atoms with Crippen LogP contribution in [0.5, 0.6) is 0 Å². The summed E-state index contributed by atoms with van der Waals surface area (Å²) in [5, 5.41) is 12.4. The van der Waals surface area contributed by atoms with E-state index in [4.69, 9.17) is 5.26 Å². The first-order valence-electron chi connectivity index (χ1n) is 7.13. The van der Waals surface area contributed by atoms with Crippen LogP contribution in [0.15, 0.2) is 42.7 Å². The lowest BCUT2D eigenvalue weighted by Gasteiger charge is -2.24. The van der Waals surface area contributed by atoms with Crippen molar-refractivity contribution in [2.75, 3.05) is 11.9 Å². The minimum absolute atomic E-state index is 0.0781. The number of hydrogen-bond acceptors (Lipinski definition) is 4. The van der Waals surface area contributed by atoms with Crippen molar-refractivity contribution in [3.05, 3.63) is 53.9 Å². The Kier molecular flexibility index (Phi) is 3.51. The summed E-state index contributed by atoms with van der Waals surface area (Å²) in [5.74, 6) is 0.676. The molecule has 0 radical (unpaired) electrons. The number of benzene rings is 1. The number of anilines is 1. The van der Waals surface area contributed by atoms with Gasteiger partial charge >= 0.3 is 0 Å². The van der Waals surface area contributed by atoms with E-state index in [0.717, 1.165) is 11.1 Å². The van der Waals surface area contributed by atoms with Crippen LogP contribution in [0.25, 0.3) is 11.0 Å². The van der Waals surface area contributed by atoms with E-state index < -0.39 is 0 Å². The molecule has 2 N–H and O–H groups in total. The van der Waals surface area contributed by atoms with Crippen LogP contribution in [0.2, 0.25) is 0 Å². The maximum Gasteiger partial charge on any atom is 0.201 e. The fourth-order valence-corrected chi connectivity index (χ4v) is 2.38. The van der Waals surface area contributed by atoms with E-state index in [0.29, 0.717) is 23.6 Å². The Bertz CT molecular complexity index is 827. The smallest absolute Gasteiger partial charge is 0.201 e. The molecule has 3 aromatic rings. The molecule has 5 nitrogen and oxygen atoms in total. The average molecular weight is 291 g/mol. The van der Waals surface area contributed by atoms with E-state index in [-0.39, 0.29) is 5.41 Å². The first-order valence-corrected chi connectivity index (χ1v) is 7.13. The van der Waals surface area contributed by atoms with Crippen molar-refractivity contribution in [2.24, 2.45) is 0 Å². The van der Waals surface area contributed by atoms with Gasteiger partial charge in [0.15, 0.2) is 0 Å². The SMILES string of the molecule is CC(C)(CNc1nc2c(C#N)cccc2[nH]1)c1cccnc1. The number of hydrogen-bond donors (Lipinski definition) is 2. The molecule has 0 aliphatic rings. The molecule has 0 aliphatic carbocycles. The molecule has 5 heteroatoms. The maximum atomic E-state index is 9.12. The zero-order valence-corrected chi connectivity index (χ0v) is 12.6. The predicted octanol–water partition coefficient (Wildman–Crippen LogP) is 3.22. The highest BCUT2D eigenvalue weighted by Crippen LogP contribution is 2.23. The lowest BCUT2D eigenvalue weighted by molar-refractivity contribution is 0.553. The average Bonchev–Trinajstić information content (AvgIpc) is 2.97. The molecule has 0 amide bonds. The molecule has 0 spiro atoms. The Labute approximate surface area is 129 Å². The van der Waals surface area contributed by atoms with Crippen LogP contribution in [-0.2, 0) is 5.41 Å². The molecule has 3 rings (SSSR count). The highest BCUT2D eigenvalue weighted by molar-refractivity contribution is 5.83. The third-order valence-electron chi connectivity index (χ3n) is 3.77. The van der Waals surface area contributed by atoms with E-state index in [9.17, 15) is 0 Å². The van der Waals surface area contributed by atoms with Gasteiger partial charge in [0.05, 0.1) is 11.1 Å². The Balaban J connectivity index is 1.81. The highest BCUT2D eigenvalue weighted by Gasteiger charge is 2.21. The Morgan fingerprint density at radius 3 is 2.86 bits per heavy atom. The van der Waals surface area contributed by atoms with Crippen LogP contribution < -0.4 is 5.32 Å². The molecule has 0 unspecified atom stereocenters. The van der Waals surface area contributed by atoms with E-state index in [1.54, 1.807) is 12.3 Å². The molecule has 1 aromatic carbocycles. The minimum Gasteiger partial charge on any atom is -0.355 e. The normalized spacial score (nSPS) is 11.3. The summed E-state index contributed by atoms with van der Waals surface area (Å²) in [6, 6.07) is 11.7. The molecule has 0 saturated carbocycles. The van der Waals surface area contributed by atoms with Gasteiger partial charge in [0, 0.05) is 24.4 Å². The van der Waals surface area contributed by atoms with Gasteiger partial charge in [0.1, 0.15) is 11.6 Å². The third-order valence-corrected chi connectivity index (χ3v) is 3.77. The van der Waals surface area contributed by atoms with Gasteiger partial charge in [0.25, 0.3) is 0 Å². The van der Waals surface area contributed by atoms with Crippen LogP contribution in [0.4, 0.5) is 5.95 Å². The first kappa shape index (κ1) is 14.1. The lowest BCUT2D eigenvalue weighted by Crippen LogP contribution is -2.28. The van der Waals surface area contributed by atoms with Crippen LogP contribution in [0.1, 0.15) is 25.0 Å². The third kappa shape index (κ3) is 2.63.